The molecule has 6 rings (SSSR count). The highest BCUT2D eigenvalue weighted by Gasteiger charge is 2.38. The molecule has 6 nitrogen and oxygen atoms in total. The summed E-state index contributed by atoms with van der Waals surface area (Å²) in [5.41, 5.74) is 4.84. The number of aromatic nitrogens is 1. The van der Waals surface area contributed by atoms with E-state index in [2.05, 4.69) is 20.9 Å². The van der Waals surface area contributed by atoms with Crippen LogP contribution in [0.5, 0.6) is 0 Å². The van der Waals surface area contributed by atoms with Crippen molar-refractivity contribution in [1.29, 1.82) is 0 Å². The minimum atomic E-state index is -0.838. The molecule has 1 amide bonds. The summed E-state index contributed by atoms with van der Waals surface area (Å²) in [4.78, 5) is 30.8. The first-order valence-electron chi connectivity index (χ1n) is 13.0. The highest BCUT2D eigenvalue weighted by molar-refractivity contribution is 9.10. The van der Waals surface area contributed by atoms with Gasteiger partial charge in [0.25, 0.3) is 11.5 Å². The summed E-state index contributed by atoms with van der Waals surface area (Å²) < 4.78 is 6.59. The molecule has 1 aliphatic rings. The Morgan fingerprint density at radius 1 is 0.925 bits per heavy atom. The molecule has 1 aromatic heterocycles. The van der Waals surface area contributed by atoms with Gasteiger partial charge in [-0.15, -0.1) is 0 Å². The third-order valence-corrected chi connectivity index (χ3v) is 7.70. The van der Waals surface area contributed by atoms with E-state index in [0.29, 0.717) is 17.7 Å². The fourth-order valence-corrected chi connectivity index (χ4v) is 5.73. The number of nitrogens with zero attached hydrogens (tertiary/aromatic N) is 2. The lowest BCUT2D eigenvalue weighted by Crippen LogP contribution is -2.32. The Kier molecular flexibility index (Phi) is 7.15. The van der Waals surface area contributed by atoms with Gasteiger partial charge >= 0.3 is 0 Å². The molecule has 0 saturated heterocycles. The lowest BCUT2D eigenvalue weighted by atomic mass is 9.91. The van der Waals surface area contributed by atoms with Crippen LogP contribution in [0.3, 0.4) is 0 Å². The summed E-state index contributed by atoms with van der Waals surface area (Å²) in [6.07, 6.45) is -0.460. The molecule has 7 heteroatoms. The van der Waals surface area contributed by atoms with Gasteiger partial charge in [-0.2, -0.15) is 5.10 Å². The van der Waals surface area contributed by atoms with Crippen LogP contribution < -0.4 is 5.56 Å². The molecule has 40 heavy (non-hydrogen) atoms. The van der Waals surface area contributed by atoms with Crippen LogP contribution in [-0.2, 0) is 9.53 Å². The number of H-pyrrole nitrogens is 1. The van der Waals surface area contributed by atoms with Crippen molar-refractivity contribution < 1.29 is 9.53 Å². The third-order valence-electron chi connectivity index (χ3n) is 7.21. The zero-order chi connectivity index (χ0) is 27.6. The minimum Gasteiger partial charge on any atom is -0.367 e. The van der Waals surface area contributed by atoms with Crippen molar-refractivity contribution in [3.63, 3.8) is 0 Å². The minimum absolute atomic E-state index is 0.250. The molecular weight excluding hydrogens is 566 g/mol. The molecule has 0 spiro atoms. The van der Waals surface area contributed by atoms with E-state index in [1.165, 1.54) is 12.1 Å². The quantitative estimate of drug-likeness (QED) is 0.230. The largest absolute Gasteiger partial charge is 0.367 e. The third kappa shape index (κ3) is 4.78. The topological polar surface area (TPSA) is 74.8 Å². The number of pyridine rings is 1. The van der Waals surface area contributed by atoms with Crippen molar-refractivity contribution in [2.45, 2.75) is 18.6 Å². The second kappa shape index (κ2) is 11.0. The van der Waals surface area contributed by atoms with E-state index in [1.54, 1.807) is 0 Å². The number of fused-ring (bicyclic) bond motifs is 1. The number of benzene rings is 4. The number of ether oxygens (including phenoxy) is 1. The maximum atomic E-state index is 14.0. The van der Waals surface area contributed by atoms with Gasteiger partial charge in [0.1, 0.15) is 0 Å². The number of methoxy groups -OCH3 is 1. The van der Waals surface area contributed by atoms with Crippen LogP contribution >= 0.6 is 15.9 Å². The van der Waals surface area contributed by atoms with Gasteiger partial charge in [0.15, 0.2) is 6.10 Å². The van der Waals surface area contributed by atoms with Crippen molar-refractivity contribution >= 4 is 38.5 Å². The zero-order valence-electron chi connectivity index (χ0n) is 21.8. The first-order valence-corrected chi connectivity index (χ1v) is 13.8. The number of rotatable bonds is 6. The van der Waals surface area contributed by atoms with Gasteiger partial charge in [0.2, 0.25) is 0 Å². The van der Waals surface area contributed by atoms with Crippen LogP contribution in [0.2, 0.25) is 0 Å². The molecule has 2 heterocycles. The average Bonchev–Trinajstić information content (AvgIpc) is 3.44. The number of aromatic amines is 1. The van der Waals surface area contributed by atoms with Crippen LogP contribution in [0.15, 0.2) is 124 Å². The second-order valence-corrected chi connectivity index (χ2v) is 10.6. The Morgan fingerprint density at radius 2 is 1.57 bits per heavy atom. The first-order chi connectivity index (χ1) is 19.5. The predicted molar refractivity (Wildman–Crippen MR) is 161 cm³/mol. The monoisotopic (exact) mass is 591 g/mol. The molecule has 0 unspecified atom stereocenters. The van der Waals surface area contributed by atoms with Crippen molar-refractivity contribution in [3.8, 4) is 11.1 Å². The van der Waals surface area contributed by atoms with Crippen molar-refractivity contribution in [3.05, 3.63) is 141 Å². The number of halogens is 1. The number of hydrogen-bond acceptors (Lipinski definition) is 4. The molecule has 2 atom stereocenters. The molecule has 198 valence electrons. The van der Waals surface area contributed by atoms with Crippen LogP contribution in [-0.4, -0.2) is 28.7 Å². The van der Waals surface area contributed by atoms with Crippen LogP contribution in [0, 0.1) is 0 Å². The lowest BCUT2D eigenvalue weighted by molar-refractivity contribution is -0.144. The van der Waals surface area contributed by atoms with Crippen LogP contribution in [0.25, 0.3) is 22.0 Å². The summed E-state index contributed by atoms with van der Waals surface area (Å²) >= 11 is 3.59. The molecule has 1 N–H and O–H groups in total. The van der Waals surface area contributed by atoms with E-state index in [0.717, 1.165) is 37.6 Å². The van der Waals surface area contributed by atoms with Crippen molar-refractivity contribution in [2.75, 3.05) is 7.11 Å². The zero-order valence-corrected chi connectivity index (χ0v) is 23.3. The second-order valence-electron chi connectivity index (χ2n) is 9.65. The van der Waals surface area contributed by atoms with E-state index in [1.807, 2.05) is 109 Å². The number of amides is 1. The highest BCUT2D eigenvalue weighted by Crippen LogP contribution is 2.38. The smallest absolute Gasteiger partial charge is 0.276 e. The molecule has 0 bridgehead atoms. The Balaban J connectivity index is 1.55. The van der Waals surface area contributed by atoms with Gasteiger partial charge in [0, 0.05) is 34.5 Å². The van der Waals surface area contributed by atoms with Gasteiger partial charge in [-0.25, -0.2) is 5.01 Å². The van der Waals surface area contributed by atoms with Gasteiger partial charge < -0.3 is 9.72 Å². The van der Waals surface area contributed by atoms with Crippen LogP contribution in [0.4, 0.5) is 0 Å². The summed E-state index contributed by atoms with van der Waals surface area (Å²) in [7, 11) is 1.52. The van der Waals surface area contributed by atoms with Crippen molar-refractivity contribution in [2.24, 2.45) is 5.10 Å². The van der Waals surface area contributed by atoms with E-state index in [-0.39, 0.29) is 11.5 Å². The molecule has 0 fully saturated rings. The first kappa shape index (κ1) is 25.9. The normalized spacial score (nSPS) is 15.7. The van der Waals surface area contributed by atoms with E-state index in [9.17, 15) is 9.59 Å². The van der Waals surface area contributed by atoms with Gasteiger partial charge in [-0.1, -0.05) is 107 Å². The summed E-state index contributed by atoms with van der Waals surface area (Å²) in [6, 6.07) is 34.4. The molecule has 1 aliphatic heterocycles. The van der Waals surface area contributed by atoms with Gasteiger partial charge in [-0.05, 0) is 34.9 Å². The molecule has 0 saturated carbocycles. The predicted octanol–water partition coefficient (Wildman–Crippen LogP) is 7.02. The Morgan fingerprint density at radius 3 is 2.25 bits per heavy atom. The molecule has 0 radical (unpaired) electrons. The maximum Gasteiger partial charge on any atom is 0.276 e. The lowest BCUT2D eigenvalue weighted by Gasteiger charge is -2.26. The van der Waals surface area contributed by atoms with Crippen LogP contribution in [0.1, 0.15) is 35.3 Å². The number of carbonyl (C=O) groups is 1. The Hall–Kier alpha value is -4.33. The molecular formula is C33H26BrN3O3. The van der Waals surface area contributed by atoms with Gasteiger partial charge in [0.05, 0.1) is 17.3 Å². The maximum absolute atomic E-state index is 14.0. The van der Waals surface area contributed by atoms with Crippen molar-refractivity contribution in [1.82, 2.24) is 9.99 Å². The van der Waals surface area contributed by atoms with E-state index in [4.69, 9.17) is 9.84 Å². The Bertz CT molecular complexity index is 1770. The SMILES string of the molecule is CO[C@@H](C(=O)N1N=C(c2c(-c3ccccc3)c3cc(Br)ccc3[nH]c2=O)C[C@H]1c1ccccc1)c1ccccc1. The Labute approximate surface area is 240 Å². The standard InChI is InChI=1S/C33H26BrN3O3/c1-40-31(23-15-9-4-10-16-23)33(39)37-28(21-11-5-2-6-12-21)20-27(36-37)30-29(22-13-7-3-8-14-22)25-19-24(34)17-18-26(25)35-32(30)38/h2-19,28,31H,20H2,1H3,(H,35,38)/t28-,31+/m0/s1. The van der Waals surface area contributed by atoms with E-state index >= 15 is 0 Å². The molecule has 0 aliphatic carbocycles. The average molecular weight is 592 g/mol. The van der Waals surface area contributed by atoms with Gasteiger partial charge in [-0.3, -0.25) is 9.59 Å². The number of nitrogens with one attached hydrogen (secondary N) is 1. The number of hydrazone groups is 1. The fourth-order valence-electron chi connectivity index (χ4n) is 5.37. The summed E-state index contributed by atoms with van der Waals surface area (Å²) in [6.45, 7) is 0. The highest BCUT2D eigenvalue weighted by atomic mass is 79.9. The van der Waals surface area contributed by atoms with E-state index < -0.39 is 12.1 Å². The molecule has 4 aromatic carbocycles. The number of hydrogen-bond donors (Lipinski definition) is 1. The fraction of sp³-hybridized carbons (Fsp3) is 0.121. The summed E-state index contributed by atoms with van der Waals surface area (Å²) in [5.74, 6) is -0.293. The summed E-state index contributed by atoms with van der Waals surface area (Å²) in [5, 5.41) is 7.25. The number of carbonyl (C=O) groups excluding carboxylic acids is 1. The molecule has 5 aromatic rings.